The normalized spacial score (nSPS) is 31.2. The Kier molecular flexibility index (Phi) is 1.86. The van der Waals surface area contributed by atoms with Gasteiger partial charge in [-0.15, -0.1) is 0 Å². The molecule has 2 fully saturated rings. The smallest absolute Gasteiger partial charge is 0.239 e. The number of hydrogen-bond donors (Lipinski definition) is 1. The van der Waals surface area contributed by atoms with Crippen molar-refractivity contribution in [3.8, 4) is 11.6 Å². The number of rotatable bonds is 2. The topological polar surface area (TPSA) is 80.5 Å². The fourth-order valence-corrected chi connectivity index (χ4v) is 3.14. The maximum atomic E-state index is 5.36. The van der Waals surface area contributed by atoms with Crippen LogP contribution in [0.5, 0.6) is 0 Å². The molecule has 1 N–H and O–H groups in total. The zero-order valence-corrected chi connectivity index (χ0v) is 9.33. The van der Waals surface area contributed by atoms with Crippen LogP contribution in [0.3, 0.4) is 0 Å². The first-order valence-corrected chi connectivity index (χ1v) is 6.13. The van der Waals surface area contributed by atoms with Gasteiger partial charge in [-0.2, -0.15) is 10.1 Å². The number of aromatic nitrogens is 5. The van der Waals surface area contributed by atoms with Gasteiger partial charge in [0.25, 0.3) is 0 Å². The van der Waals surface area contributed by atoms with E-state index < -0.39 is 0 Å². The van der Waals surface area contributed by atoms with Crippen molar-refractivity contribution in [1.82, 2.24) is 25.3 Å². The van der Waals surface area contributed by atoms with Crippen LogP contribution in [0.2, 0.25) is 0 Å². The molecule has 6 nitrogen and oxygen atoms in total. The Morgan fingerprint density at radius 2 is 2.06 bits per heavy atom. The molecule has 0 aromatic carbocycles. The summed E-state index contributed by atoms with van der Waals surface area (Å²) < 4.78 is 5.36. The van der Waals surface area contributed by atoms with Crippen LogP contribution in [-0.4, -0.2) is 25.3 Å². The van der Waals surface area contributed by atoms with Crippen molar-refractivity contribution in [2.45, 2.75) is 31.6 Å². The maximum Gasteiger partial charge on any atom is 0.239 e. The zero-order valence-electron chi connectivity index (χ0n) is 9.33. The Morgan fingerprint density at radius 3 is 2.76 bits per heavy atom. The average molecular weight is 231 g/mol. The molecule has 0 bridgehead atoms. The Labute approximate surface area is 97.8 Å². The number of nitrogens with zero attached hydrogens (tertiary/aromatic N) is 4. The monoisotopic (exact) mass is 231 g/mol. The van der Waals surface area contributed by atoms with Crippen LogP contribution in [0.1, 0.15) is 37.5 Å². The fraction of sp³-hybridized carbons (Fsp3) is 0.636. The quantitative estimate of drug-likeness (QED) is 0.851. The minimum atomic E-state index is 0.502. The summed E-state index contributed by atoms with van der Waals surface area (Å²) in [6.07, 6.45) is 6.77. The maximum absolute atomic E-state index is 5.36. The van der Waals surface area contributed by atoms with Crippen LogP contribution in [0, 0.1) is 11.8 Å². The Morgan fingerprint density at radius 1 is 1.24 bits per heavy atom. The van der Waals surface area contributed by atoms with E-state index in [2.05, 4.69) is 25.3 Å². The van der Waals surface area contributed by atoms with Crippen molar-refractivity contribution in [2.75, 3.05) is 0 Å². The molecule has 2 heterocycles. The third-order valence-electron chi connectivity index (χ3n) is 4.01. The largest absolute Gasteiger partial charge is 0.339 e. The molecule has 0 radical (unpaired) electrons. The molecule has 88 valence electrons. The summed E-state index contributed by atoms with van der Waals surface area (Å²) in [5.74, 6) is 3.94. The van der Waals surface area contributed by atoms with E-state index in [4.69, 9.17) is 4.52 Å². The van der Waals surface area contributed by atoms with Crippen LogP contribution in [0.4, 0.5) is 0 Å². The second-order valence-corrected chi connectivity index (χ2v) is 4.93. The van der Waals surface area contributed by atoms with Crippen molar-refractivity contribution in [1.29, 1.82) is 0 Å². The lowest BCUT2D eigenvalue weighted by Crippen LogP contribution is -1.91. The van der Waals surface area contributed by atoms with Gasteiger partial charge in [0.2, 0.25) is 11.7 Å². The first kappa shape index (κ1) is 9.32. The average Bonchev–Trinajstić information content (AvgIpc) is 2.77. The van der Waals surface area contributed by atoms with Gasteiger partial charge in [0, 0.05) is 5.92 Å². The minimum absolute atomic E-state index is 0.502. The third kappa shape index (κ3) is 1.40. The number of aromatic amines is 1. The SMILES string of the molecule is c1n[nH]c(-c2noc(C3C4CCCCC43)n2)n1. The van der Waals surface area contributed by atoms with Crippen LogP contribution < -0.4 is 0 Å². The lowest BCUT2D eigenvalue weighted by Gasteiger charge is -2.04. The molecule has 0 amide bonds. The second-order valence-electron chi connectivity index (χ2n) is 4.93. The molecule has 2 aromatic heterocycles. The summed E-state index contributed by atoms with van der Waals surface area (Å²) in [7, 11) is 0. The molecule has 4 rings (SSSR count). The molecule has 2 aliphatic rings. The second kappa shape index (κ2) is 3.38. The molecular weight excluding hydrogens is 218 g/mol. The van der Waals surface area contributed by atoms with Gasteiger partial charge in [0.1, 0.15) is 6.33 Å². The summed E-state index contributed by atoms with van der Waals surface area (Å²) in [4.78, 5) is 8.45. The van der Waals surface area contributed by atoms with Crippen molar-refractivity contribution in [2.24, 2.45) is 11.8 Å². The van der Waals surface area contributed by atoms with Crippen molar-refractivity contribution < 1.29 is 4.52 Å². The molecule has 17 heavy (non-hydrogen) atoms. The first-order chi connectivity index (χ1) is 8.43. The number of fused-ring (bicyclic) bond motifs is 1. The van der Waals surface area contributed by atoms with Crippen molar-refractivity contribution >= 4 is 0 Å². The van der Waals surface area contributed by atoms with E-state index in [0.29, 0.717) is 17.6 Å². The molecule has 2 atom stereocenters. The molecule has 2 saturated carbocycles. The highest BCUT2D eigenvalue weighted by Gasteiger charge is 2.54. The lowest BCUT2D eigenvalue weighted by molar-refractivity contribution is 0.373. The Balaban J connectivity index is 1.60. The molecule has 2 unspecified atom stereocenters. The summed E-state index contributed by atoms with van der Waals surface area (Å²) >= 11 is 0. The van der Waals surface area contributed by atoms with Gasteiger partial charge in [-0.1, -0.05) is 18.0 Å². The highest BCUT2D eigenvalue weighted by atomic mass is 16.5. The number of nitrogens with one attached hydrogen (secondary N) is 1. The fourth-order valence-electron chi connectivity index (χ4n) is 3.14. The van der Waals surface area contributed by atoms with Gasteiger partial charge < -0.3 is 4.52 Å². The van der Waals surface area contributed by atoms with Gasteiger partial charge in [-0.05, 0) is 24.7 Å². The summed E-state index contributed by atoms with van der Waals surface area (Å²) in [6, 6.07) is 0. The first-order valence-electron chi connectivity index (χ1n) is 6.13. The van der Waals surface area contributed by atoms with Gasteiger partial charge >= 0.3 is 0 Å². The summed E-state index contributed by atoms with van der Waals surface area (Å²) in [6.45, 7) is 0. The Bertz CT molecular complexity index is 508. The molecule has 0 aliphatic heterocycles. The lowest BCUT2D eigenvalue weighted by atomic mass is 10.0. The predicted molar refractivity (Wildman–Crippen MR) is 57.9 cm³/mol. The minimum Gasteiger partial charge on any atom is -0.339 e. The van der Waals surface area contributed by atoms with E-state index in [9.17, 15) is 0 Å². The van der Waals surface area contributed by atoms with Crippen molar-refractivity contribution in [3.63, 3.8) is 0 Å². The molecule has 2 aliphatic carbocycles. The van der Waals surface area contributed by atoms with Gasteiger partial charge in [-0.3, -0.25) is 5.10 Å². The van der Waals surface area contributed by atoms with Gasteiger partial charge in [0.05, 0.1) is 0 Å². The number of hydrogen-bond acceptors (Lipinski definition) is 5. The van der Waals surface area contributed by atoms with E-state index in [1.165, 1.54) is 32.0 Å². The van der Waals surface area contributed by atoms with E-state index in [-0.39, 0.29) is 0 Å². The molecule has 0 spiro atoms. The van der Waals surface area contributed by atoms with E-state index in [0.717, 1.165) is 17.7 Å². The van der Waals surface area contributed by atoms with Crippen LogP contribution in [0.25, 0.3) is 11.6 Å². The summed E-state index contributed by atoms with van der Waals surface area (Å²) in [5, 5.41) is 10.5. The Hall–Kier alpha value is -1.72. The highest BCUT2D eigenvalue weighted by Crippen LogP contribution is 2.60. The zero-order chi connectivity index (χ0) is 11.2. The van der Waals surface area contributed by atoms with E-state index in [1.807, 2.05) is 0 Å². The van der Waals surface area contributed by atoms with Crippen LogP contribution >= 0.6 is 0 Å². The molecular formula is C11H13N5O. The van der Waals surface area contributed by atoms with E-state index in [1.54, 1.807) is 0 Å². The molecule has 0 saturated heterocycles. The standard InChI is InChI=1S/C11H13N5O/c1-2-4-7-6(3-1)8(7)11-14-10(16-17-11)9-12-5-13-15-9/h5-8H,1-4H2,(H,12,13,15). The van der Waals surface area contributed by atoms with Crippen LogP contribution in [0.15, 0.2) is 10.9 Å². The molecule has 2 aromatic rings. The summed E-state index contributed by atoms with van der Waals surface area (Å²) in [5.41, 5.74) is 0. The van der Waals surface area contributed by atoms with E-state index >= 15 is 0 Å². The van der Waals surface area contributed by atoms with Gasteiger partial charge in [-0.25, -0.2) is 4.98 Å². The predicted octanol–water partition coefficient (Wildman–Crippen LogP) is 1.76. The van der Waals surface area contributed by atoms with Crippen molar-refractivity contribution in [3.05, 3.63) is 12.2 Å². The number of H-pyrrole nitrogens is 1. The highest BCUT2D eigenvalue weighted by molar-refractivity contribution is 5.40. The van der Waals surface area contributed by atoms with Crippen LogP contribution in [-0.2, 0) is 0 Å². The third-order valence-corrected chi connectivity index (χ3v) is 4.01. The molecule has 6 heteroatoms. The van der Waals surface area contributed by atoms with Gasteiger partial charge in [0.15, 0.2) is 5.82 Å².